The average molecular weight is 528 g/mol. The average Bonchev–Trinajstić information content (AvgIpc) is 3.40. The second kappa shape index (κ2) is 11.0. The van der Waals surface area contributed by atoms with Crippen molar-refractivity contribution in [2.45, 2.75) is 65.3 Å². The molecule has 0 radical (unpaired) electrons. The lowest BCUT2D eigenvalue weighted by Crippen LogP contribution is -2.26. The Bertz CT molecular complexity index is 1290. The zero-order valence-corrected chi connectivity index (χ0v) is 22.6. The van der Waals surface area contributed by atoms with E-state index in [4.69, 9.17) is 4.74 Å². The highest BCUT2D eigenvalue weighted by Gasteiger charge is 2.32. The number of nitrogens with one attached hydrogen (secondary N) is 1. The largest absolute Gasteiger partial charge is 0.483 e. The number of anilines is 1. The summed E-state index contributed by atoms with van der Waals surface area (Å²) < 4.78 is 21.2. The second-order valence-corrected chi connectivity index (χ2v) is 11.9. The molecule has 3 aromatic rings. The van der Waals surface area contributed by atoms with Crippen molar-refractivity contribution in [1.82, 2.24) is 14.8 Å². The maximum atomic E-state index is 13.8. The molecule has 0 aliphatic heterocycles. The van der Waals surface area contributed by atoms with Crippen molar-refractivity contribution in [3.8, 4) is 11.8 Å². The standard InChI is InChI=1S/C26H30FN5O2S2/c1-5-32-22(14-34-20-9-7-6-8-19(20)27)30-31-25(32)35-15-23(33)29-24-18(13-28)17-11-10-16(26(2,3)4)12-21(17)36-24/h6-9,16H,5,10-12,14-15H2,1-4H3,(H,29,33)/t16-/m1/s1. The van der Waals surface area contributed by atoms with Gasteiger partial charge in [-0.2, -0.15) is 5.26 Å². The number of hydrogen-bond acceptors (Lipinski definition) is 7. The van der Waals surface area contributed by atoms with Gasteiger partial charge in [0.25, 0.3) is 0 Å². The zero-order valence-electron chi connectivity index (χ0n) is 20.9. The Kier molecular flexibility index (Phi) is 8.00. The number of halogens is 1. The fourth-order valence-electron chi connectivity index (χ4n) is 4.38. The van der Waals surface area contributed by atoms with Gasteiger partial charge in [0.15, 0.2) is 22.5 Å². The number of nitriles is 1. The first-order valence-corrected chi connectivity index (χ1v) is 13.8. The number of ether oxygens (including phenoxy) is 1. The summed E-state index contributed by atoms with van der Waals surface area (Å²) in [7, 11) is 0. The molecule has 1 aromatic carbocycles. The number of carbonyl (C=O) groups is 1. The number of rotatable bonds is 8. The third kappa shape index (κ3) is 5.73. The smallest absolute Gasteiger partial charge is 0.235 e. The van der Waals surface area contributed by atoms with Crippen LogP contribution in [0.3, 0.4) is 0 Å². The van der Waals surface area contributed by atoms with Gasteiger partial charge in [-0.1, -0.05) is 44.7 Å². The highest BCUT2D eigenvalue weighted by molar-refractivity contribution is 7.99. The van der Waals surface area contributed by atoms with Crippen molar-refractivity contribution < 1.29 is 13.9 Å². The van der Waals surface area contributed by atoms with Gasteiger partial charge in [0.2, 0.25) is 5.91 Å². The van der Waals surface area contributed by atoms with Crippen LogP contribution in [0, 0.1) is 28.5 Å². The molecule has 4 rings (SSSR count). The molecule has 0 saturated carbocycles. The molecule has 7 nitrogen and oxygen atoms in total. The summed E-state index contributed by atoms with van der Waals surface area (Å²) in [5.41, 5.74) is 1.91. The monoisotopic (exact) mass is 527 g/mol. The van der Waals surface area contributed by atoms with Crippen LogP contribution in [0.1, 0.15) is 55.9 Å². The summed E-state index contributed by atoms with van der Waals surface area (Å²) in [5.74, 6) is 0.757. The van der Waals surface area contributed by atoms with Crippen LogP contribution in [0.4, 0.5) is 9.39 Å². The number of hydrogen-bond donors (Lipinski definition) is 1. The lowest BCUT2D eigenvalue weighted by molar-refractivity contribution is -0.113. The maximum absolute atomic E-state index is 13.8. The summed E-state index contributed by atoms with van der Waals surface area (Å²) in [4.78, 5) is 14.0. The molecule has 0 unspecified atom stereocenters. The molecular weight excluding hydrogens is 497 g/mol. The van der Waals surface area contributed by atoms with Crippen molar-refractivity contribution >= 4 is 34.0 Å². The zero-order chi connectivity index (χ0) is 25.9. The predicted octanol–water partition coefficient (Wildman–Crippen LogP) is 5.83. The molecule has 36 heavy (non-hydrogen) atoms. The molecular formula is C26H30FN5O2S2. The topological polar surface area (TPSA) is 92.8 Å². The summed E-state index contributed by atoms with van der Waals surface area (Å²) in [6, 6.07) is 8.51. The Morgan fingerprint density at radius 3 is 2.83 bits per heavy atom. The fourth-order valence-corrected chi connectivity index (χ4v) is 6.49. The van der Waals surface area contributed by atoms with Gasteiger partial charge in [0.05, 0.1) is 11.3 Å². The molecule has 1 N–H and O–H groups in total. The molecule has 1 aliphatic carbocycles. The van der Waals surface area contributed by atoms with Crippen molar-refractivity contribution in [2.24, 2.45) is 11.3 Å². The van der Waals surface area contributed by atoms with Crippen LogP contribution in [0.5, 0.6) is 5.75 Å². The molecule has 10 heteroatoms. The number of carbonyl (C=O) groups excluding carboxylic acids is 1. The van der Waals surface area contributed by atoms with Crippen LogP contribution in [-0.4, -0.2) is 26.4 Å². The van der Waals surface area contributed by atoms with E-state index in [2.05, 4.69) is 42.4 Å². The first-order valence-electron chi connectivity index (χ1n) is 12.0. The van der Waals surface area contributed by atoms with Gasteiger partial charge < -0.3 is 14.6 Å². The summed E-state index contributed by atoms with van der Waals surface area (Å²) in [6.45, 7) is 9.37. The fraction of sp³-hybridized carbons (Fsp3) is 0.462. The molecule has 190 valence electrons. The van der Waals surface area contributed by atoms with Crippen molar-refractivity contribution in [3.63, 3.8) is 0 Å². The van der Waals surface area contributed by atoms with Gasteiger partial charge >= 0.3 is 0 Å². The SMILES string of the molecule is CCn1c(COc2ccccc2F)nnc1SCC(=O)Nc1sc2c(c1C#N)CC[C@@H](C(C)(C)C)C2. The third-order valence-electron chi connectivity index (χ3n) is 6.49. The van der Waals surface area contributed by atoms with Gasteiger partial charge in [0.1, 0.15) is 17.7 Å². The molecule has 2 heterocycles. The first kappa shape index (κ1) is 26.2. The predicted molar refractivity (Wildman–Crippen MR) is 140 cm³/mol. The minimum atomic E-state index is -0.438. The highest BCUT2D eigenvalue weighted by Crippen LogP contribution is 2.44. The van der Waals surface area contributed by atoms with Crippen molar-refractivity contribution in [1.29, 1.82) is 5.26 Å². The first-order chi connectivity index (χ1) is 17.2. The van der Waals surface area contributed by atoms with Crippen molar-refractivity contribution in [2.75, 3.05) is 11.1 Å². The normalized spacial score (nSPS) is 15.3. The van der Waals surface area contributed by atoms with E-state index >= 15 is 0 Å². The molecule has 1 atom stereocenters. The number of fused-ring (bicyclic) bond motifs is 1. The summed E-state index contributed by atoms with van der Waals surface area (Å²) >= 11 is 2.80. The summed E-state index contributed by atoms with van der Waals surface area (Å²) in [6.07, 6.45) is 2.87. The van der Waals surface area contributed by atoms with E-state index in [0.717, 1.165) is 24.8 Å². The minimum Gasteiger partial charge on any atom is -0.483 e. The number of thiophene rings is 1. The Morgan fingerprint density at radius 2 is 2.14 bits per heavy atom. The van der Waals surface area contributed by atoms with Crippen LogP contribution in [0.2, 0.25) is 0 Å². The highest BCUT2D eigenvalue weighted by atomic mass is 32.2. The van der Waals surface area contributed by atoms with Crippen LogP contribution in [-0.2, 0) is 30.8 Å². The molecule has 0 fully saturated rings. The van der Waals surface area contributed by atoms with Gasteiger partial charge in [-0.3, -0.25) is 4.79 Å². The molecule has 0 bridgehead atoms. The van der Waals surface area contributed by atoms with E-state index in [0.29, 0.717) is 34.0 Å². The molecule has 1 aliphatic rings. The minimum absolute atomic E-state index is 0.0658. The lowest BCUT2D eigenvalue weighted by atomic mass is 9.72. The molecule has 0 saturated heterocycles. The van der Waals surface area contributed by atoms with E-state index in [1.165, 1.54) is 34.0 Å². The number of amides is 1. The van der Waals surface area contributed by atoms with Crippen LogP contribution in [0.25, 0.3) is 0 Å². The Labute approximate surface area is 219 Å². The third-order valence-corrected chi connectivity index (χ3v) is 8.63. The van der Waals surface area contributed by atoms with Gasteiger partial charge in [-0.25, -0.2) is 4.39 Å². The van der Waals surface area contributed by atoms with E-state index in [-0.39, 0.29) is 29.4 Å². The Morgan fingerprint density at radius 1 is 1.36 bits per heavy atom. The second-order valence-electron chi connectivity index (χ2n) is 9.82. The molecule has 1 amide bonds. The lowest BCUT2D eigenvalue weighted by Gasteiger charge is -2.33. The van der Waals surface area contributed by atoms with Crippen LogP contribution < -0.4 is 10.1 Å². The van der Waals surface area contributed by atoms with E-state index in [9.17, 15) is 14.4 Å². The number of nitrogens with zero attached hydrogens (tertiary/aromatic N) is 4. The Balaban J connectivity index is 1.39. The summed E-state index contributed by atoms with van der Waals surface area (Å²) in [5, 5.41) is 22.3. The van der Waals surface area contributed by atoms with Gasteiger partial charge in [0, 0.05) is 11.4 Å². The quantitative estimate of drug-likeness (QED) is 0.371. The number of aromatic nitrogens is 3. The molecule has 0 spiro atoms. The number of benzene rings is 1. The Hall–Kier alpha value is -2.90. The van der Waals surface area contributed by atoms with E-state index < -0.39 is 5.82 Å². The number of para-hydroxylation sites is 1. The maximum Gasteiger partial charge on any atom is 0.235 e. The molecule has 2 aromatic heterocycles. The van der Waals surface area contributed by atoms with Gasteiger partial charge in [-0.15, -0.1) is 21.5 Å². The van der Waals surface area contributed by atoms with Crippen LogP contribution in [0.15, 0.2) is 29.4 Å². The van der Waals surface area contributed by atoms with Gasteiger partial charge in [-0.05, 0) is 55.2 Å². The van der Waals surface area contributed by atoms with Crippen LogP contribution >= 0.6 is 23.1 Å². The van der Waals surface area contributed by atoms with E-state index in [1.807, 2.05) is 11.5 Å². The van der Waals surface area contributed by atoms with Crippen molar-refractivity contribution in [3.05, 3.63) is 51.9 Å². The van der Waals surface area contributed by atoms with E-state index in [1.54, 1.807) is 18.2 Å². The number of thioether (sulfide) groups is 1.